The maximum Gasteiger partial charge on any atom is 0.231 e. The van der Waals surface area contributed by atoms with Crippen LogP contribution >= 0.6 is 11.6 Å². The third kappa shape index (κ3) is 3.36. The van der Waals surface area contributed by atoms with Gasteiger partial charge in [0.1, 0.15) is 17.6 Å². The molecule has 0 saturated heterocycles. The van der Waals surface area contributed by atoms with E-state index in [4.69, 9.17) is 25.8 Å². The molecule has 5 nitrogen and oxygen atoms in total. The van der Waals surface area contributed by atoms with Crippen LogP contribution in [0.2, 0.25) is 5.15 Å². The molecule has 1 aliphatic heterocycles. The van der Waals surface area contributed by atoms with Crippen LogP contribution in [0.5, 0.6) is 17.4 Å². The molecule has 0 spiro atoms. The van der Waals surface area contributed by atoms with Gasteiger partial charge < -0.3 is 14.2 Å². The van der Waals surface area contributed by atoms with E-state index in [1.807, 2.05) is 18.2 Å². The van der Waals surface area contributed by atoms with E-state index in [1.54, 1.807) is 6.07 Å². The normalized spacial score (nSPS) is 12.5. The van der Waals surface area contributed by atoms with Crippen LogP contribution < -0.4 is 14.2 Å². The average Bonchev–Trinajstić information content (AvgIpc) is 2.92. The van der Waals surface area contributed by atoms with Gasteiger partial charge in [-0.2, -0.15) is 4.98 Å². The maximum atomic E-state index is 5.98. The first-order valence-corrected chi connectivity index (χ1v) is 7.17. The van der Waals surface area contributed by atoms with Crippen LogP contribution in [0.1, 0.15) is 24.7 Å². The molecule has 0 bridgehead atoms. The highest BCUT2D eigenvalue weighted by Gasteiger charge is 2.13. The van der Waals surface area contributed by atoms with Gasteiger partial charge in [0.25, 0.3) is 0 Å². The Bertz CT molecular complexity index is 649. The summed E-state index contributed by atoms with van der Waals surface area (Å²) >= 11 is 5.98. The number of fused-ring (bicyclic) bond motifs is 1. The molecular formula is C15H15ClN2O3. The highest BCUT2D eigenvalue weighted by molar-refractivity contribution is 6.29. The Morgan fingerprint density at radius 1 is 1.19 bits per heavy atom. The van der Waals surface area contributed by atoms with Crippen LogP contribution in [0.25, 0.3) is 0 Å². The quantitative estimate of drug-likeness (QED) is 0.793. The van der Waals surface area contributed by atoms with E-state index in [-0.39, 0.29) is 6.79 Å². The Hall–Kier alpha value is -2.01. The summed E-state index contributed by atoms with van der Waals surface area (Å²) in [6, 6.07) is 7.32. The van der Waals surface area contributed by atoms with Gasteiger partial charge in [-0.15, -0.1) is 0 Å². The van der Waals surface area contributed by atoms with E-state index in [1.165, 1.54) is 0 Å². The first-order valence-electron chi connectivity index (χ1n) is 6.79. The molecule has 0 amide bonds. The minimum Gasteiger partial charge on any atom is -0.473 e. The first-order chi connectivity index (χ1) is 10.2. The summed E-state index contributed by atoms with van der Waals surface area (Å²) in [6.45, 7) is 2.72. The Morgan fingerprint density at radius 2 is 2.05 bits per heavy atom. The molecule has 0 fully saturated rings. The Labute approximate surface area is 127 Å². The molecule has 2 heterocycles. The monoisotopic (exact) mass is 306 g/mol. The molecule has 0 aliphatic carbocycles. The highest BCUT2D eigenvalue weighted by atomic mass is 35.5. The Kier molecular flexibility index (Phi) is 4.10. The second-order valence-corrected chi connectivity index (χ2v) is 5.06. The number of nitrogens with zero attached hydrogens (tertiary/aromatic N) is 2. The second kappa shape index (κ2) is 6.18. The molecule has 6 heteroatoms. The molecule has 3 rings (SSSR count). The summed E-state index contributed by atoms with van der Waals surface area (Å²) < 4.78 is 16.3. The predicted molar refractivity (Wildman–Crippen MR) is 77.9 cm³/mol. The van der Waals surface area contributed by atoms with E-state index in [0.29, 0.717) is 23.5 Å². The summed E-state index contributed by atoms with van der Waals surface area (Å²) in [5.74, 6) is 2.68. The molecule has 2 aromatic rings. The number of hydrogen-bond acceptors (Lipinski definition) is 5. The summed E-state index contributed by atoms with van der Waals surface area (Å²) in [5, 5.41) is 0.397. The molecule has 0 N–H and O–H groups in total. The third-order valence-corrected chi connectivity index (χ3v) is 3.21. The number of hydrogen-bond donors (Lipinski definition) is 0. The van der Waals surface area contributed by atoms with Gasteiger partial charge in [-0.3, -0.25) is 0 Å². The fourth-order valence-electron chi connectivity index (χ4n) is 2.04. The fourth-order valence-corrected chi connectivity index (χ4v) is 2.23. The summed E-state index contributed by atoms with van der Waals surface area (Å²) in [5.41, 5.74) is 0.978. The van der Waals surface area contributed by atoms with Gasteiger partial charge in [-0.1, -0.05) is 24.6 Å². The molecular weight excluding hydrogens is 292 g/mol. The number of benzene rings is 1. The standard InChI is InChI=1S/C15H15ClN2O3/c1-2-3-14-17-13(16)7-15(18-14)19-8-10-4-5-11-12(6-10)21-9-20-11/h4-7H,2-3,8-9H2,1H3. The number of rotatable bonds is 5. The van der Waals surface area contributed by atoms with Crippen LogP contribution in [0, 0.1) is 0 Å². The van der Waals surface area contributed by atoms with Crippen molar-refractivity contribution in [2.75, 3.05) is 6.79 Å². The van der Waals surface area contributed by atoms with E-state index < -0.39 is 0 Å². The van der Waals surface area contributed by atoms with Gasteiger partial charge in [0.2, 0.25) is 12.7 Å². The van der Waals surface area contributed by atoms with Crippen LogP contribution in [0.3, 0.4) is 0 Å². The van der Waals surface area contributed by atoms with Gasteiger partial charge in [0, 0.05) is 12.5 Å². The maximum absolute atomic E-state index is 5.98. The Morgan fingerprint density at radius 3 is 2.90 bits per heavy atom. The van der Waals surface area contributed by atoms with Crippen molar-refractivity contribution in [3.8, 4) is 17.4 Å². The second-order valence-electron chi connectivity index (χ2n) is 4.67. The van der Waals surface area contributed by atoms with E-state index >= 15 is 0 Å². The molecule has 0 unspecified atom stereocenters. The topological polar surface area (TPSA) is 53.5 Å². The van der Waals surface area contributed by atoms with Crippen molar-refractivity contribution in [3.05, 3.63) is 40.8 Å². The number of aromatic nitrogens is 2. The van der Waals surface area contributed by atoms with Crippen molar-refractivity contribution in [3.63, 3.8) is 0 Å². The lowest BCUT2D eigenvalue weighted by Gasteiger charge is -2.08. The van der Waals surface area contributed by atoms with Crippen molar-refractivity contribution in [1.29, 1.82) is 0 Å². The van der Waals surface area contributed by atoms with Crippen LogP contribution in [0.15, 0.2) is 24.3 Å². The highest BCUT2D eigenvalue weighted by Crippen LogP contribution is 2.32. The number of ether oxygens (including phenoxy) is 3. The van der Waals surface area contributed by atoms with E-state index in [2.05, 4.69) is 16.9 Å². The molecule has 0 atom stereocenters. The van der Waals surface area contributed by atoms with Crippen molar-refractivity contribution >= 4 is 11.6 Å². The van der Waals surface area contributed by atoms with Gasteiger partial charge >= 0.3 is 0 Å². The SMILES string of the molecule is CCCc1nc(Cl)cc(OCc2ccc3c(c2)OCO3)n1. The van der Waals surface area contributed by atoms with Gasteiger partial charge in [-0.25, -0.2) is 4.98 Å². The van der Waals surface area contributed by atoms with E-state index in [9.17, 15) is 0 Å². The zero-order valence-electron chi connectivity index (χ0n) is 11.6. The van der Waals surface area contributed by atoms with Crippen molar-refractivity contribution in [1.82, 2.24) is 9.97 Å². The lowest BCUT2D eigenvalue weighted by molar-refractivity contribution is 0.174. The van der Waals surface area contributed by atoms with Crippen molar-refractivity contribution in [2.24, 2.45) is 0 Å². The summed E-state index contributed by atoms with van der Waals surface area (Å²) in [7, 11) is 0. The number of halogens is 1. The number of aryl methyl sites for hydroxylation is 1. The molecule has 110 valence electrons. The lowest BCUT2D eigenvalue weighted by Crippen LogP contribution is -2.01. The molecule has 1 aliphatic rings. The minimum absolute atomic E-state index is 0.265. The first kappa shape index (κ1) is 13.9. The minimum atomic E-state index is 0.265. The van der Waals surface area contributed by atoms with Crippen molar-refractivity contribution in [2.45, 2.75) is 26.4 Å². The smallest absolute Gasteiger partial charge is 0.231 e. The molecule has 1 aromatic heterocycles. The van der Waals surface area contributed by atoms with E-state index in [0.717, 1.165) is 29.9 Å². The molecule has 1 aromatic carbocycles. The summed E-state index contributed by atoms with van der Waals surface area (Å²) in [4.78, 5) is 8.50. The molecule has 0 saturated carbocycles. The Balaban J connectivity index is 1.69. The lowest BCUT2D eigenvalue weighted by atomic mass is 10.2. The average molecular weight is 307 g/mol. The predicted octanol–water partition coefficient (Wildman–Crippen LogP) is 3.39. The third-order valence-electron chi connectivity index (χ3n) is 3.01. The van der Waals surface area contributed by atoms with Crippen LogP contribution in [-0.2, 0) is 13.0 Å². The zero-order chi connectivity index (χ0) is 14.7. The zero-order valence-corrected chi connectivity index (χ0v) is 12.4. The van der Waals surface area contributed by atoms with Crippen LogP contribution in [-0.4, -0.2) is 16.8 Å². The van der Waals surface area contributed by atoms with Crippen LogP contribution in [0.4, 0.5) is 0 Å². The van der Waals surface area contributed by atoms with Gasteiger partial charge in [-0.05, 0) is 24.1 Å². The van der Waals surface area contributed by atoms with Gasteiger partial charge in [0.05, 0.1) is 0 Å². The molecule has 0 radical (unpaired) electrons. The fraction of sp³-hybridized carbons (Fsp3) is 0.333. The largest absolute Gasteiger partial charge is 0.473 e. The van der Waals surface area contributed by atoms with Crippen molar-refractivity contribution < 1.29 is 14.2 Å². The van der Waals surface area contributed by atoms with Gasteiger partial charge in [0.15, 0.2) is 11.5 Å². The summed E-state index contributed by atoms with van der Waals surface area (Å²) in [6.07, 6.45) is 1.74. The molecule has 21 heavy (non-hydrogen) atoms.